The summed E-state index contributed by atoms with van der Waals surface area (Å²) < 4.78 is 5.91. The molecule has 1 aliphatic heterocycles. The number of carbonyl (C=O) groups excluding carboxylic acids is 1. The number of likely N-dealkylation sites (tertiary alicyclic amines) is 1. The van der Waals surface area contributed by atoms with Crippen molar-refractivity contribution in [2.75, 3.05) is 26.7 Å². The predicted molar refractivity (Wildman–Crippen MR) is 127 cm³/mol. The molecule has 1 saturated heterocycles. The molecule has 2 aliphatic rings. The standard InChI is InChI=1S/C26H39N3O3/c1-3-17-32-25(21-13-8-5-9-14-21)22-15-10-16-29(19-22)26(31)28-23(18-27-2)24(30)20-11-6-4-7-12-20/h5,8-9,13-14,20,22-25,27,30H,4,6-7,10-12,15-16,18-19H2,1-2H3,(H,28,31)/t22-,23-,24+,25+/m1/s1. The number of benzene rings is 1. The van der Waals surface area contributed by atoms with Crippen LogP contribution in [0.4, 0.5) is 4.79 Å². The van der Waals surface area contributed by atoms with Gasteiger partial charge in [-0.05, 0) is 44.2 Å². The minimum absolute atomic E-state index is 0.0989. The van der Waals surface area contributed by atoms with E-state index in [4.69, 9.17) is 4.74 Å². The first-order valence-electron chi connectivity index (χ1n) is 12.1. The number of amides is 2. The number of hydrogen-bond acceptors (Lipinski definition) is 4. The van der Waals surface area contributed by atoms with Gasteiger partial charge < -0.3 is 25.4 Å². The smallest absolute Gasteiger partial charge is 0.317 e. The maximum Gasteiger partial charge on any atom is 0.317 e. The van der Waals surface area contributed by atoms with E-state index < -0.39 is 6.10 Å². The Morgan fingerprint density at radius 2 is 1.88 bits per heavy atom. The third kappa shape index (κ3) is 6.63. The van der Waals surface area contributed by atoms with Gasteiger partial charge in [0.2, 0.25) is 0 Å². The number of urea groups is 1. The van der Waals surface area contributed by atoms with Crippen LogP contribution >= 0.6 is 0 Å². The summed E-state index contributed by atoms with van der Waals surface area (Å²) in [4.78, 5) is 15.1. The van der Waals surface area contributed by atoms with Gasteiger partial charge in [-0.25, -0.2) is 4.79 Å². The maximum atomic E-state index is 13.2. The summed E-state index contributed by atoms with van der Waals surface area (Å²) in [5.74, 6) is 3.26. The lowest BCUT2D eigenvalue weighted by Crippen LogP contribution is -2.56. The SMILES string of the molecule is CC#CO[C@@H](c1ccccc1)[C@@H]1CCCN(C(=O)N[C@H](CNC)[C@@H](O)C2CCCCC2)C1. The first-order chi connectivity index (χ1) is 15.6. The van der Waals surface area contributed by atoms with Crippen LogP contribution in [0.3, 0.4) is 0 Å². The maximum absolute atomic E-state index is 13.2. The average molecular weight is 442 g/mol. The Kier molecular flexibility index (Phi) is 9.70. The molecule has 4 atom stereocenters. The lowest BCUT2D eigenvalue weighted by atomic mass is 9.82. The monoisotopic (exact) mass is 441 g/mol. The molecule has 3 N–H and O–H groups in total. The molecule has 2 fully saturated rings. The number of ether oxygens (including phenoxy) is 1. The van der Waals surface area contributed by atoms with Gasteiger partial charge in [0.1, 0.15) is 12.2 Å². The van der Waals surface area contributed by atoms with Crippen molar-refractivity contribution in [3.63, 3.8) is 0 Å². The van der Waals surface area contributed by atoms with Crippen LogP contribution in [-0.2, 0) is 4.74 Å². The highest BCUT2D eigenvalue weighted by Crippen LogP contribution is 2.33. The van der Waals surface area contributed by atoms with Gasteiger partial charge in [0.25, 0.3) is 0 Å². The summed E-state index contributed by atoms with van der Waals surface area (Å²) in [6, 6.07) is 9.74. The van der Waals surface area contributed by atoms with Gasteiger partial charge in [-0.1, -0.05) is 55.5 Å². The number of hydrogen-bond donors (Lipinski definition) is 3. The summed E-state index contributed by atoms with van der Waals surface area (Å²) in [6.07, 6.45) is 9.65. The van der Waals surface area contributed by atoms with Crippen molar-refractivity contribution in [2.45, 2.75) is 70.1 Å². The van der Waals surface area contributed by atoms with Crippen molar-refractivity contribution >= 4 is 6.03 Å². The Labute approximate surface area is 193 Å². The highest BCUT2D eigenvalue weighted by molar-refractivity contribution is 5.74. The summed E-state index contributed by atoms with van der Waals surface area (Å²) in [5, 5.41) is 17.3. The van der Waals surface area contributed by atoms with Gasteiger partial charge >= 0.3 is 6.03 Å². The first kappa shape index (κ1) is 24.4. The molecule has 1 aromatic carbocycles. The molecule has 1 heterocycles. The molecule has 6 heteroatoms. The van der Waals surface area contributed by atoms with E-state index in [1.54, 1.807) is 6.92 Å². The molecular formula is C26H39N3O3. The number of piperidine rings is 1. The fourth-order valence-electron chi connectivity index (χ4n) is 5.17. The summed E-state index contributed by atoms with van der Waals surface area (Å²) in [5.41, 5.74) is 1.09. The van der Waals surface area contributed by atoms with E-state index in [2.05, 4.69) is 34.8 Å². The number of rotatable bonds is 8. The van der Waals surface area contributed by atoms with Gasteiger partial charge in [0, 0.05) is 32.5 Å². The van der Waals surface area contributed by atoms with Crippen LogP contribution in [0, 0.1) is 23.9 Å². The van der Waals surface area contributed by atoms with Crippen molar-refractivity contribution in [3.8, 4) is 12.0 Å². The molecule has 0 bridgehead atoms. The minimum Gasteiger partial charge on any atom is -0.438 e. The van der Waals surface area contributed by atoms with Crippen LogP contribution in [0.15, 0.2) is 30.3 Å². The molecule has 0 radical (unpaired) electrons. The fraction of sp³-hybridized carbons (Fsp3) is 0.654. The summed E-state index contributed by atoms with van der Waals surface area (Å²) >= 11 is 0. The molecule has 1 aromatic rings. The Hall–Kier alpha value is -2.23. The molecule has 6 nitrogen and oxygen atoms in total. The van der Waals surface area contributed by atoms with Crippen LogP contribution in [-0.4, -0.2) is 54.9 Å². The van der Waals surface area contributed by atoms with Crippen LogP contribution in [0.2, 0.25) is 0 Å². The quantitative estimate of drug-likeness (QED) is 0.538. The molecule has 0 spiro atoms. The number of nitrogens with zero attached hydrogens (tertiary/aromatic N) is 1. The largest absolute Gasteiger partial charge is 0.438 e. The Bertz CT molecular complexity index is 755. The summed E-state index contributed by atoms with van der Waals surface area (Å²) in [6.45, 7) is 3.66. The van der Waals surface area contributed by atoms with Crippen molar-refractivity contribution in [1.82, 2.24) is 15.5 Å². The lowest BCUT2D eigenvalue weighted by Gasteiger charge is -2.38. The Morgan fingerprint density at radius 1 is 1.16 bits per heavy atom. The molecule has 0 unspecified atom stereocenters. The number of aliphatic hydroxyl groups excluding tert-OH is 1. The van der Waals surface area contributed by atoms with E-state index in [0.717, 1.165) is 50.6 Å². The number of aliphatic hydroxyl groups is 1. The second-order valence-corrected chi connectivity index (χ2v) is 9.15. The van der Waals surface area contributed by atoms with E-state index >= 15 is 0 Å². The molecular weight excluding hydrogens is 402 g/mol. The van der Waals surface area contributed by atoms with E-state index in [9.17, 15) is 9.90 Å². The second kappa shape index (κ2) is 12.7. The Morgan fingerprint density at radius 3 is 2.56 bits per heavy atom. The van der Waals surface area contributed by atoms with Gasteiger partial charge in [-0.2, -0.15) is 0 Å². The van der Waals surface area contributed by atoms with Crippen molar-refractivity contribution in [1.29, 1.82) is 0 Å². The zero-order valence-electron chi connectivity index (χ0n) is 19.6. The molecule has 32 heavy (non-hydrogen) atoms. The number of carbonyl (C=O) groups is 1. The van der Waals surface area contributed by atoms with Gasteiger partial charge in [-0.3, -0.25) is 0 Å². The fourth-order valence-corrected chi connectivity index (χ4v) is 5.17. The number of nitrogens with one attached hydrogen (secondary N) is 2. The average Bonchev–Trinajstić information content (AvgIpc) is 2.85. The van der Waals surface area contributed by atoms with E-state index in [0.29, 0.717) is 13.1 Å². The molecule has 3 rings (SSSR count). The number of likely N-dealkylation sites (N-methyl/N-ethyl adjacent to an activating group) is 1. The zero-order valence-corrected chi connectivity index (χ0v) is 19.6. The van der Waals surface area contributed by atoms with Crippen molar-refractivity contribution < 1.29 is 14.6 Å². The van der Waals surface area contributed by atoms with E-state index in [1.807, 2.05) is 30.1 Å². The highest BCUT2D eigenvalue weighted by atomic mass is 16.5. The second-order valence-electron chi connectivity index (χ2n) is 9.15. The van der Waals surface area contributed by atoms with Gasteiger partial charge in [0.15, 0.2) is 0 Å². The molecule has 1 saturated carbocycles. The van der Waals surface area contributed by atoms with Crippen LogP contribution < -0.4 is 10.6 Å². The van der Waals surface area contributed by atoms with Gasteiger partial charge in [-0.15, -0.1) is 0 Å². The first-order valence-corrected chi connectivity index (χ1v) is 12.1. The highest BCUT2D eigenvalue weighted by Gasteiger charge is 2.34. The lowest BCUT2D eigenvalue weighted by molar-refractivity contribution is 0.0428. The van der Waals surface area contributed by atoms with E-state index in [1.165, 1.54) is 6.42 Å². The summed E-state index contributed by atoms with van der Waals surface area (Å²) in [7, 11) is 1.86. The van der Waals surface area contributed by atoms with Crippen LogP contribution in [0.25, 0.3) is 0 Å². The third-order valence-electron chi connectivity index (χ3n) is 6.87. The van der Waals surface area contributed by atoms with Crippen LogP contribution in [0.1, 0.15) is 63.5 Å². The molecule has 1 aliphatic carbocycles. The third-order valence-corrected chi connectivity index (χ3v) is 6.87. The topological polar surface area (TPSA) is 73.8 Å². The van der Waals surface area contributed by atoms with Crippen molar-refractivity contribution in [2.24, 2.45) is 11.8 Å². The van der Waals surface area contributed by atoms with E-state index in [-0.39, 0.29) is 30.0 Å². The Balaban J connectivity index is 1.65. The van der Waals surface area contributed by atoms with Crippen molar-refractivity contribution in [3.05, 3.63) is 35.9 Å². The predicted octanol–water partition coefficient (Wildman–Crippen LogP) is 3.68. The normalized spacial score (nSPS) is 22.2. The minimum atomic E-state index is -0.521. The molecule has 0 aromatic heterocycles. The van der Waals surface area contributed by atoms with Crippen LogP contribution in [0.5, 0.6) is 0 Å². The zero-order chi connectivity index (χ0) is 22.8. The van der Waals surface area contributed by atoms with Gasteiger partial charge in [0.05, 0.1) is 12.1 Å². The molecule has 176 valence electrons. The molecule has 2 amide bonds.